The van der Waals surface area contributed by atoms with E-state index in [0.29, 0.717) is 37.7 Å². The van der Waals surface area contributed by atoms with Crippen molar-refractivity contribution in [2.24, 2.45) is 0 Å². The number of para-hydroxylation sites is 1. The zero-order valence-electron chi connectivity index (χ0n) is 28.4. The molecule has 6 rings (SSSR count). The second-order valence-corrected chi connectivity index (χ2v) is 15.3. The molecule has 0 bridgehead atoms. The lowest BCUT2D eigenvalue weighted by molar-refractivity contribution is 0.0601. The van der Waals surface area contributed by atoms with E-state index in [2.05, 4.69) is 50.4 Å². The normalized spacial score (nSPS) is 16.8. The van der Waals surface area contributed by atoms with Crippen molar-refractivity contribution in [2.45, 2.75) is 57.2 Å². The van der Waals surface area contributed by atoms with Crippen LogP contribution in [0.3, 0.4) is 0 Å². The van der Waals surface area contributed by atoms with E-state index in [1.165, 1.54) is 43.0 Å². The lowest BCUT2D eigenvalue weighted by Crippen LogP contribution is -2.40. The van der Waals surface area contributed by atoms with Gasteiger partial charge in [-0.05, 0) is 68.2 Å². The Morgan fingerprint density at radius 2 is 1.67 bits per heavy atom. The zero-order valence-corrected chi connectivity index (χ0v) is 29.2. The summed E-state index contributed by atoms with van der Waals surface area (Å²) in [5.74, 6) is 1.05. The highest BCUT2D eigenvalue weighted by Gasteiger charge is 2.32. The van der Waals surface area contributed by atoms with Crippen molar-refractivity contribution in [2.75, 3.05) is 53.1 Å². The fraction of sp³-hybridized carbons (Fsp3) is 0.447. The lowest BCUT2D eigenvalue weighted by Gasteiger charge is -2.26. The Bertz CT molecular complexity index is 1820. The van der Waals surface area contributed by atoms with Crippen LogP contribution in [-0.4, -0.2) is 88.0 Å². The number of nitrogens with zero attached hydrogens (tertiary/aromatic N) is 3. The Morgan fingerprint density at radius 1 is 0.938 bits per heavy atom. The molecule has 1 aliphatic carbocycles. The number of ether oxygens (including phenoxy) is 2. The summed E-state index contributed by atoms with van der Waals surface area (Å²) in [4.78, 5) is 16.9. The number of fused-ring (bicyclic) bond motifs is 5. The van der Waals surface area contributed by atoms with Crippen molar-refractivity contribution in [3.63, 3.8) is 0 Å². The molecule has 0 saturated heterocycles. The van der Waals surface area contributed by atoms with Crippen LogP contribution < -0.4 is 9.46 Å². The summed E-state index contributed by atoms with van der Waals surface area (Å²) in [7, 11) is 2.08. The van der Waals surface area contributed by atoms with Crippen molar-refractivity contribution in [1.29, 1.82) is 0 Å². The Kier molecular flexibility index (Phi) is 10.9. The van der Waals surface area contributed by atoms with Gasteiger partial charge in [-0.1, -0.05) is 67.8 Å². The average Bonchev–Trinajstić information content (AvgIpc) is 3.33. The predicted molar refractivity (Wildman–Crippen MR) is 191 cm³/mol. The van der Waals surface area contributed by atoms with E-state index in [-0.39, 0.29) is 17.8 Å². The van der Waals surface area contributed by atoms with Crippen molar-refractivity contribution in [1.82, 2.24) is 19.1 Å². The number of hydrogen-bond donors (Lipinski definition) is 1. The van der Waals surface area contributed by atoms with Crippen molar-refractivity contribution in [3.8, 4) is 17.0 Å². The number of nitrogens with one attached hydrogen (secondary N) is 1. The summed E-state index contributed by atoms with van der Waals surface area (Å²) in [5.41, 5.74) is 6.22. The number of carbonyl (C=O) groups excluding carboxylic acids is 1. The molecule has 10 heteroatoms. The van der Waals surface area contributed by atoms with Gasteiger partial charge in [0, 0.05) is 49.2 Å². The van der Waals surface area contributed by atoms with E-state index in [0.717, 1.165) is 48.3 Å². The van der Waals surface area contributed by atoms with Gasteiger partial charge in [-0.25, -0.2) is 17.9 Å². The van der Waals surface area contributed by atoms with Crippen LogP contribution in [0.1, 0.15) is 59.5 Å². The monoisotopic (exact) mass is 672 g/mol. The first-order chi connectivity index (χ1) is 23.2. The third kappa shape index (κ3) is 7.94. The van der Waals surface area contributed by atoms with Crippen LogP contribution in [0, 0.1) is 0 Å². The van der Waals surface area contributed by atoms with Gasteiger partial charge in [0.2, 0.25) is 10.0 Å². The van der Waals surface area contributed by atoms with Gasteiger partial charge in [-0.2, -0.15) is 0 Å². The van der Waals surface area contributed by atoms with Crippen LogP contribution in [0.5, 0.6) is 5.75 Å². The number of methoxy groups -OCH3 is 1. The molecule has 2 aliphatic rings. The summed E-state index contributed by atoms with van der Waals surface area (Å²) < 4.78 is 42.2. The van der Waals surface area contributed by atoms with E-state index >= 15 is 0 Å². The van der Waals surface area contributed by atoms with E-state index < -0.39 is 10.0 Å². The minimum atomic E-state index is -3.39. The summed E-state index contributed by atoms with van der Waals surface area (Å²) in [5, 5.41) is 1.21. The second-order valence-electron chi connectivity index (χ2n) is 13.4. The molecular formula is C38H48N4O5S. The van der Waals surface area contributed by atoms with E-state index in [4.69, 9.17) is 9.47 Å². The molecule has 2 heterocycles. The Balaban J connectivity index is 1.17. The fourth-order valence-corrected chi connectivity index (χ4v) is 8.30. The predicted octanol–water partition coefficient (Wildman–Crippen LogP) is 5.89. The molecule has 0 amide bonds. The molecule has 0 radical (unpaired) electrons. The van der Waals surface area contributed by atoms with Crippen LogP contribution in [0.15, 0.2) is 72.8 Å². The van der Waals surface area contributed by atoms with Crippen molar-refractivity contribution >= 4 is 26.9 Å². The number of esters is 1. The first-order valence-corrected chi connectivity index (χ1v) is 18.8. The van der Waals surface area contributed by atoms with Gasteiger partial charge >= 0.3 is 5.97 Å². The number of aromatic nitrogens is 1. The Morgan fingerprint density at radius 3 is 2.44 bits per heavy atom. The molecule has 1 saturated carbocycles. The average molecular weight is 673 g/mol. The number of benzene rings is 3. The van der Waals surface area contributed by atoms with Gasteiger partial charge in [0.25, 0.3) is 0 Å². The largest absolute Gasteiger partial charge is 0.487 e. The Hall–Kier alpha value is -3.70. The number of likely N-dealkylation sites (N-methyl/N-ethyl adjacent to an activating group) is 2. The summed E-state index contributed by atoms with van der Waals surface area (Å²) in [6, 6.07) is 23.9. The highest BCUT2D eigenvalue weighted by molar-refractivity contribution is 7.89. The third-order valence-electron chi connectivity index (χ3n) is 9.82. The molecule has 4 aromatic rings. The van der Waals surface area contributed by atoms with E-state index in [9.17, 15) is 13.2 Å². The van der Waals surface area contributed by atoms with Gasteiger partial charge in [-0.15, -0.1) is 0 Å². The second kappa shape index (κ2) is 15.2. The van der Waals surface area contributed by atoms with Gasteiger partial charge in [0.1, 0.15) is 11.9 Å². The topological polar surface area (TPSA) is 93.1 Å². The van der Waals surface area contributed by atoms with Crippen LogP contribution in [0.4, 0.5) is 0 Å². The van der Waals surface area contributed by atoms with Crippen molar-refractivity contribution < 1.29 is 22.7 Å². The maximum Gasteiger partial charge on any atom is 0.337 e. The van der Waals surface area contributed by atoms with Crippen LogP contribution in [0.25, 0.3) is 22.2 Å². The third-order valence-corrected chi connectivity index (χ3v) is 11.1. The summed E-state index contributed by atoms with van der Waals surface area (Å²) in [6.45, 7) is 3.55. The fourth-order valence-electron chi connectivity index (χ4n) is 7.22. The van der Waals surface area contributed by atoms with Gasteiger partial charge in [-0.3, -0.25) is 0 Å². The molecule has 48 heavy (non-hydrogen) atoms. The van der Waals surface area contributed by atoms with Gasteiger partial charge in [0.15, 0.2) is 0 Å². The van der Waals surface area contributed by atoms with Crippen LogP contribution >= 0.6 is 0 Å². The quantitative estimate of drug-likeness (QED) is 0.177. The van der Waals surface area contributed by atoms with E-state index in [1.54, 1.807) is 0 Å². The Labute approximate surface area is 284 Å². The zero-order chi connectivity index (χ0) is 33.7. The first kappa shape index (κ1) is 34.2. The highest BCUT2D eigenvalue weighted by Crippen LogP contribution is 2.47. The molecule has 0 spiro atoms. The molecule has 1 aromatic heterocycles. The van der Waals surface area contributed by atoms with Gasteiger partial charge in [0.05, 0.1) is 30.7 Å². The summed E-state index contributed by atoms with van der Waals surface area (Å²) >= 11 is 0. The minimum absolute atomic E-state index is 0.0446. The molecular weight excluding hydrogens is 625 g/mol. The SMILES string of the molecule is COC(=O)c1ccc2c(C3CCCCC3)c3n(c2c1)CC(CN(C)CCN(C)CCS(=O)(=O)NCc1ccccc1)Oc1ccccc1-3. The molecule has 1 fully saturated rings. The minimum Gasteiger partial charge on any atom is -0.487 e. The maximum absolute atomic E-state index is 12.6. The molecule has 3 aromatic carbocycles. The standard InChI is InChI=1S/C38H48N4O5S/c1-40(22-23-48(44,45)39-25-28-12-6-4-7-13-28)20-21-41(2)26-31-27-42-34-24-30(38(43)46-3)18-19-32(34)36(29-14-8-5-9-15-29)37(42)33-16-10-11-17-35(33)47-31/h4,6-7,10-13,16-19,24,29,31,39H,5,8-9,14-15,20-23,25-27H2,1-3H3. The van der Waals surface area contributed by atoms with Gasteiger partial charge < -0.3 is 23.8 Å². The first-order valence-electron chi connectivity index (χ1n) is 17.1. The summed E-state index contributed by atoms with van der Waals surface area (Å²) in [6.07, 6.45) is 5.93. The smallest absolute Gasteiger partial charge is 0.337 e. The number of carbonyl (C=O) groups is 1. The molecule has 1 unspecified atom stereocenters. The molecule has 1 N–H and O–H groups in total. The molecule has 1 atom stereocenters. The highest BCUT2D eigenvalue weighted by atomic mass is 32.2. The van der Waals surface area contributed by atoms with Crippen molar-refractivity contribution in [3.05, 3.63) is 89.5 Å². The number of hydrogen-bond acceptors (Lipinski definition) is 7. The van der Waals surface area contributed by atoms with Crippen LogP contribution in [-0.2, 0) is 27.8 Å². The number of rotatable bonds is 13. The molecule has 256 valence electrons. The molecule has 9 nitrogen and oxygen atoms in total. The van der Waals surface area contributed by atoms with Crippen LogP contribution in [0.2, 0.25) is 0 Å². The maximum atomic E-state index is 12.6. The lowest BCUT2D eigenvalue weighted by atomic mass is 9.81. The van der Waals surface area contributed by atoms with E-state index in [1.807, 2.05) is 55.6 Å². The number of sulfonamides is 1. The molecule has 1 aliphatic heterocycles.